The predicted molar refractivity (Wildman–Crippen MR) is 247 cm³/mol. The molecule has 9 aliphatic heterocycles. The number of alkyl halides is 6. The third kappa shape index (κ3) is 29.3. The molecule has 450 valence electrons. The van der Waals surface area contributed by atoms with Gasteiger partial charge in [0.25, 0.3) is 6.04 Å². The quantitative estimate of drug-likeness (QED) is 0.0677. The van der Waals surface area contributed by atoms with Crippen molar-refractivity contribution in [3.8, 4) is 6.07 Å². The van der Waals surface area contributed by atoms with Gasteiger partial charge in [0.05, 0.1) is 67.2 Å². The second-order valence-corrected chi connectivity index (χ2v) is 20.2. The van der Waals surface area contributed by atoms with Crippen molar-refractivity contribution < 1.29 is 145 Å². The number of sulfone groups is 1. The zero-order valence-corrected chi connectivity index (χ0v) is 45.0. The molecule has 0 saturated carbocycles. The molecular weight excluding hydrogens is 1200 g/mol. The molecule has 9 heterocycles. The van der Waals surface area contributed by atoms with Gasteiger partial charge in [-0.1, -0.05) is 22.9 Å². The standard InChI is InChI=1S/C7H10O4.C6H5F5O2.C6H8O3.C5H5NO2.C5H8O3.C4H5BrO2.C4H5NO4.C4H4O3.C3H4O4S/c1-2-6(8)11-5-3-7(9)10-4-5;7-5(8,6(9,10)11)3-1-4(12)13-2-3;1-4(7)5-2-6(8)9-3-5;6-2-4-1-5(7)8-3-4;1-7-4-2-5(6)8-3-4;5-3-1-4(6)7-2-3;6-4-1-3(2-9-4)5(7)8;5-3-1-4(6)7-2-3;4-3-1-8(5,6)2-7-3/h5H,2-4H2,1H3;3H,1-2H2;5H,2-3H2,1H3;4H,1,3H2;4H,2-3H2,1H3;3H,1-2H2;3H,1-2H2;1-2H2;1-2H2. The lowest BCUT2D eigenvalue weighted by molar-refractivity contribution is -0.519. The van der Waals surface area contributed by atoms with Gasteiger partial charge in [-0.05, 0) is 6.92 Å². The average Bonchev–Trinajstić information content (AvgIpc) is 4.23. The smallest absolute Gasteiger partial charge is 0.453 e. The van der Waals surface area contributed by atoms with E-state index in [2.05, 4.69) is 58.6 Å². The number of ketones is 2. The number of cyclic esters (lactones) is 9. The number of carbonyl (C=O) groups is 12. The molecule has 9 aliphatic rings. The number of halogens is 6. The van der Waals surface area contributed by atoms with Crippen LogP contribution in [-0.2, 0) is 119 Å². The highest BCUT2D eigenvalue weighted by Gasteiger charge is 2.64. The van der Waals surface area contributed by atoms with Crippen molar-refractivity contribution in [2.24, 2.45) is 17.8 Å². The van der Waals surface area contributed by atoms with Gasteiger partial charge < -0.3 is 52.1 Å². The molecule has 0 amide bonds. The first-order valence-corrected chi connectivity index (χ1v) is 25.9. The lowest BCUT2D eigenvalue weighted by atomic mass is 10.0. The van der Waals surface area contributed by atoms with Gasteiger partial charge in [-0.2, -0.15) is 27.2 Å². The predicted octanol–water partition coefficient (Wildman–Crippen LogP) is 0.855. The van der Waals surface area contributed by atoms with Crippen LogP contribution in [0.25, 0.3) is 0 Å². The Kier molecular flexibility index (Phi) is 30.9. The number of Topliss-reactive ketones (excluding diaryl/α,β-unsaturated/α-hetero) is 2. The minimum absolute atomic E-state index is 0.00231. The summed E-state index contributed by atoms with van der Waals surface area (Å²) in [6.07, 6.45) is -4.93. The Morgan fingerprint density at radius 1 is 0.662 bits per heavy atom. The maximum Gasteiger partial charge on any atom is 0.453 e. The molecule has 0 aromatic rings. The Labute approximate surface area is 458 Å². The molecule has 0 N–H and O–H groups in total. The van der Waals surface area contributed by atoms with E-state index < -0.39 is 87.4 Å². The van der Waals surface area contributed by atoms with Crippen LogP contribution in [-0.4, -0.2) is 191 Å². The number of ether oxygens (including phenoxy) is 11. The number of nitrogens with zero attached hydrogens (tertiary/aromatic N) is 2. The van der Waals surface area contributed by atoms with Crippen LogP contribution in [0.2, 0.25) is 0 Å². The Balaban J connectivity index is 0.000000453. The zero-order chi connectivity index (χ0) is 61.0. The van der Waals surface area contributed by atoms with Gasteiger partial charge in [-0.15, -0.1) is 0 Å². The summed E-state index contributed by atoms with van der Waals surface area (Å²) >= 11 is 3.23. The Morgan fingerprint density at radius 2 is 1.16 bits per heavy atom. The number of methoxy groups -OCH3 is 1. The Hall–Kier alpha value is -7.03. The summed E-state index contributed by atoms with van der Waals surface area (Å²) in [6, 6.07) is 1.14. The highest BCUT2D eigenvalue weighted by atomic mass is 79.9. The minimum Gasteiger partial charge on any atom is -0.465 e. The van der Waals surface area contributed by atoms with Crippen molar-refractivity contribution in [1.82, 2.24) is 0 Å². The first-order valence-electron chi connectivity index (χ1n) is 23.2. The molecule has 9 fully saturated rings. The van der Waals surface area contributed by atoms with Crippen molar-refractivity contribution in [2.75, 3.05) is 71.7 Å². The van der Waals surface area contributed by atoms with Crippen molar-refractivity contribution in [1.29, 1.82) is 5.26 Å². The lowest BCUT2D eigenvalue weighted by Gasteiger charge is -2.23. The van der Waals surface area contributed by atoms with E-state index in [1.54, 1.807) is 14.0 Å². The van der Waals surface area contributed by atoms with Crippen LogP contribution in [0.1, 0.15) is 71.6 Å². The van der Waals surface area contributed by atoms with E-state index in [0.717, 1.165) is 0 Å². The van der Waals surface area contributed by atoms with Gasteiger partial charge >= 0.3 is 71.8 Å². The van der Waals surface area contributed by atoms with Crippen LogP contribution in [0.5, 0.6) is 0 Å². The monoisotopic (exact) mass is 1250 g/mol. The van der Waals surface area contributed by atoms with Crippen molar-refractivity contribution >= 4 is 97.0 Å². The van der Waals surface area contributed by atoms with Gasteiger partial charge in [0, 0.05) is 18.5 Å². The van der Waals surface area contributed by atoms with Crippen LogP contribution < -0.4 is 0 Å². The van der Waals surface area contributed by atoms with Gasteiger partial charge in [-0.25, -0.2) is 8.42 Å². The van der Waals surface area contributed by atoms with E-state index in [1.807, 2.05) is 6.07 Å². The highest BCUT2D eigenvalue weighted by molar-refractivity contribution is 9.09. The van der Waals surface area contributed by atoms with Crippen molar-refractivity contribution in [3.63, 3.8) is 0 Å². The molecule has 0 aliphatic carbocycles. The molecule has 7 atom stereocenters. The third-order valence-electron chi connectivity index (χ3n) is 10.2. The first-order chi connectivity index (χ1) is 37.2. The second-order valence-electron chi connectivity index (χ2n) is 16.9. The van der Waals surface area contributed by atoms with Crippen LogP contribution in [0, 0.1) is 39.2 Å². The minimum atomic E-state index is -5.62. The summed E-state index contributed by atoms with van der Waals surface area (Å²) in [5.41, 5.74) is 0. The molecule has 9 saturated heterocycles. The summed E-state index contributed by atoms with van der Waals surface area (Å²) in [4.78, 5) is 133. The molecule has 36 heteroatoms. The number of carbonyl (C=O) groups excluding carboxylic acids is 12. The van der Waals surface area contributed by atoms with Crippen molar-refractivity contribution in [3.05, 3.63) is 10.1 Å². The number of nitro groups is 1. The van der Waals surface area contributed by atoms with Crippen LogP contribution in [0.3, 0.4) is 0 Å². The maximum absolute atomic E-state index is 12.5. The second kappa shape index (κ2) is 34.9. The largest absolute Gasteiger partial charge is 0.465 e. The van der Waals surface area contributed by atoms with E-state index in [0.29, 0.717) is 32.5 Å². The zero-order valence-electron chi connectivity index (χ0n) is 42.6. The molecule has 0 aromatic heterocycles. The van der Waals surface area contributed by atoms with Gasteiger partial charge in [0.15, 0.2) is 40.5 Å². The van der Waals surface area contributed by atoms with Gasteiger partial charge in [0.2, 0.25) is 0 Å². The molecule has 9 rings (SSSR count). The lowest BCUT2D eigenvalue weighted by Crippen LogP contribution is -2.43. The topological polar surface area (TPSA) is 407 Å². The van der Waals surface area contributed by atoms with Gasteiger partial charge in [-0.3, -0.25) is 67.6 Å². The molecule has 29 nitrogen and oxygen atoms in total. The normalized spacial score (nSPS) is 25.4. The van der Waals surface area contributed by atoms with E-state index in [4.69, 9.17) is 14.7 Å². The highest BCUT2D eigenvalue weighted by Crippen LogP contribution is 2.44. The summed E-state index contributed by atoms with van der Waals surface area (Å²) in [5.74, 6) is -12.1. The number of rotatable bonds is 6. The van der Waals surface area contributed by atoms with Gasteiger partial charge in [0.1, 0.15) is 70.5 Å². The fourth-order valence-electron chi connectivity index (χ4n) is 5.78. The molecule has 80 heavy (non-hydrogen) atoms. The van der Waals surface area contributed by atoms with Crippen LogP contribution in [0.4, 0.5) is 22.0 Å². The molecule has 0 aromatic carbocycles. The summed E-state index contributed by atoms with van der Waals surface area (Å²) in [5, 5.41) is 18.1. The first kappa shape index (κ1) is 71.0. The van der Waals surface area contributed by atoms with Crippen molar-refractivity contribution in [2.45, 2.75) is 107 Å². The maximum atomic E-state index is 12.5. The SMILES string of the molecule is CC(=O)C1COC(=O)C1.CCC(=O)OC1COC(=O)C1.COC1COC(=O)C1.N#CC1COC(=O)C1.O=C1CC(Br)CO1.O=C1CC(C(F)(F)C(F)(F)F)CO1.O=C1CC([N+](=O)[O-])CO1.O=C1COC(=O)C1.O=C1CS(=O)(=O)CO1. The van der Waals surface area contributed by atoms with Crippen LogP contribution >= 0.6 is 15.9 Å². The van der Waals surface area contributed by atoms with Crippen LogP contribution in [0.15, 0.2) is 0 Å². The number of esters is 10. The van der Waals surface area contributed by atoms with E-state index in [-0.39, 0.29) is 141 Å². The fraction of sp³-hybridized carbons (Fsp3) is 0.705. The molecule has 0 radical (unpaired) electrons. The van der Waals surface area contributed by atoms with E-state index in [9.17, 15) is 98.0 Å². The van der Waals surface area contributed by atoms with E-state index >= 15 is 0 Å². The molecule has 7 unspecified atom stereocenters. The molecular formula is C44H54BrF5N2O27S. The summed E-state index contributed by atoms with van der Waals surface area (Å²) in [7, 11) is -1.59. The number of nitriles is 1. The average molecular weight is 1250 g/mol. The third-order valence-corrected chi connectivity index (χ3v) is 12.0. The fourth-order valence-corrected chi connectivity index (χ4v) is 7.01. The molecule has 0 spiro atoms. The number of hydrogen-bond donors (Lipinski definition) is 0. The summed E-state index contributed by atoms with van der Waals surface area (Å²) in [6.45, 7) is 3.99. The summed E-state index contributed by atoms with van der Waals surface area (Å²) < 4.78 is 130. The Bertz CT molecular complexity index is 2350. The molecule has 0 bridgehead atoms. The van der Waals surface area contributed by atoms with E-state index in [1.165, 1.54) is 6.92 Å². The Morgan fingerprint density at radius 3 is 1.40 bits per heavy atom. The number of hydrogen-bond acceptors (Lipinski definition) is 28.